The first-order valence-corrected chi connectivity index (χ1v) is 13.8. The lowest BCUT2D eigenvalue weighted by Crippen LogP contribution is -2.58. The molecular formula is C31H34O12. The molecule has 0 bridgehead atoms. The van der Waals surface area contributed by atoms with Gasteiger partial charge >= 0.3 is 0 Å². The number of benzene rings is 2. The summed E-state index contributed by atoms with van der Waals surface area (Å²) in [5, 5.41) is 101. The molecule has 230 valence electrons. The van der Waals surface area contributed by atoms with Gasteiger partial charge in [0.05, 0.1) is 13.2 Å². The molecule has 2 aliphatic heterocycles. The molecule has 0 saturated carbocycles. The van der Waals surface area contributed by atoms with Gasteiger partial charge in [0.2, 0.25) is 0 Å². The van der Waals surface area contributed by atoms with Crippen LogP contribution in [0.5, 0.6) is 0 Å². The Hall–Kier alpha value is -2.92. The Kier molecular flexibility index (Phi) is 9.23. The number of aliphatic hydroxyl groups excluding tert-OH is 9. The second-order valence-electron chi connectivity index (χ2n) is 10.9. The van der Waals surface area contributed by atoms with Crippen LogP contribution in [0.4, 0.5) is 0 Å². The molecule has 0 radical (unpaired) electrons. The minimum atomic E-state index is -1.62. The van der Waals surface area contributed by atoms with Crippen LogP contribution in [0.3, 0.4) is 0 Å². The van der Waals surface area contributed by atoms with Crippen molar-refractivity contribution in [3.63, 3.8) is 0 Å². The summed E-state index contributed by atoms with van der Waals surface area (Å²) in [7, 11) is 0. The first-order valence-electron chi connectivity index (χ1n) is 13.8. The monoisotopic (exact) mass is 598 g/mol. The zero-order chi connectivity index (χ0) is 31.1. The molecule has 2 fully saturated rings. The van der Waals surface area contributed by atoms with Gasteiger partial charge in [-0.25, -0.2) is 0 Å². The van der Waals surface area contributed by atoms with E-state index >= 15 is 0 Å². The zero-order valence-electron chi connectivity index (χ0n) is 22.9. The Labute approximate surface area is 247 Å². The van der Waals surface area contributed by atoms with Gasteiger partial charge in [-0.2, -0.15) is 0 Å². The van der Waals surface area contributed by atoms with Crippen LogP contribution in [0.15, 0.2) is 36.4 Å². The summed E-state index contributed by atoms with van der Waals surface area (Å²) in [6.45, 7) is -1.51. The third kappa shape index (κ3) is 5.70. The average Bonchev–Trinajstić information content (AvgIpc) is 3.25. The quantitative estimate of drug-likeness (QED) is 0.156. The van der Waals surface area contributed by atoms with Crippen LogP contribution in [0.25, 0.3) is 11.1 Å². The van der Waals surface area contributed by atoms with Crippen LogP contribution in [-0.2, 0) is 15.1 Å². The van der Waals surface area contributed by atoms with Crippen molar-refractivity contribution >= 4 is 0 Å². The summed E-state index contributed by atoms with van der Waals surface area (Å²) >= 11 is 0. The van der Waals surface area contributed by atoms with Gasteiger partial charge in [-0.1, -0.05) is 35.8 Å². The second kappa shape index (κ2) is 12.6. The predicted molar refractivity (Wildman–Crippen MR) is 148 cm³/mol. The topological polar surface area (TPSA) is 221 Å². The summed E-state index contributed by atoms with van der Waals surface area (Å²) < 4.78 is 10.9. The highest BCUT2D eigenvalue weighted by atomic mass is 16.5. The molecule has 0 aromatic heterocycles. The van der Waals surface area contributed by atoms with Gasteiger partial charge in [0, 0.05) is 24.2 Å². The van der Waals surface area contributed by atoms with Crippen LogP contribution in [0, 0.1) is 23.7 Å². The van der Waals surface area contributed by atoms with Crippen molar-refractivity contribution in [1.29, 1.82) is 0 Å². The molecule has 2 aromatic rings. The Morgan fingerprint density at radius 2 is 1.02 bits per heavy atom. The Bertz CT molecular complexity index is 1350. The van der Waals surface area contributed by atoms with E-state index in [1.807, 2.05) is 0 Å². The molecule has 2 saturated heterocycles. The molecule has 43 heavy (non-hydrogen) atoms. The van der Waals surface area contributed by atoms with Crippen LogP contribution in [0.2, 0.25) is 0 Å². The number of hydrogen-bond acceptors (Lipinski definition) is 12. The van der Waals surface area contributed by atoms with E-state index in [1.54, 1.807) is 36.4 Å². The fourth-order valence-electron chi connectivity index (χ4n) is 5.72. The van der Waals surface area contributed by atoms with Crippen molar-refractivity contribution in [1.82, 2.24) is 0 Å². The van der Waals surface area contributed by atoms with Crippen LogP contribution >= 0.6 is 0 Å². The maximum absolute atomic E-state index is 11.9. The molecule has 3 aliphatic rings. The fourth-order valence-corrected chi connectivity index (χ4v) is 5.72. The van der Waals surface area contributed by atoms with Gasteiger partial charge in [0.15, 0.2) is 0 Å². The van der Waals surface area contributed by atoms with Crippen molar-refractivity contribution < 1.29 is 60.5 Å². The summed E-state index contributed by atoms with van der Waals surface area (Å²) in [5.74, 6) is 11.1. The number of aliphatic hydroxyl groups is 10. The lowest BCUT2D eigenvalue weighted by Gasteiger charge is -2.37. The van der Waals surface area contributed by atoms with Crippen molar-refractivity contribution in [3.8, 4) is 34.8 Å². The molecule has 0 spiro atoms. The minimum absolute atomic E-state index is 0.0554. The van der Waals surface area contributed by atoms with Crippen LogP contribution in [-0.4, -0.2) is 132 Å². The van der Waals surface area contributed by atoms with Crippen molar-refractivity contribution in [2.24, 2.45) is 0 Å². The standard InChI is InChI=1S/C31H34O12/c32-10-9-31(41)19-11-15(3-7-21-25(35)29(39)27(37)23(13-33)42-21)1-5-17(19)18-6-2-16(12-20(18)31)4-8-22-26(36)30(40)28(38)24(14-34)43-22/h1-2,5-6,11-12,21-30,32-41H,9-10,13-14H2/t21-,22-,23-,24-,25-,26-,27-,28-,29-,30-/m1/s1. The maximum Gasteiger partial charge on any atom is 0.147 e. The van der Waals surface area contributed by atoms with E-state index < -0.39 is 79.9 Å². The number of ether oxygens (including phenoxy) is 2. The summed E-state index contributed by atoms with van der Waals surface area (Å²) in [4.78, 5) is 0. The van der Waals surface area contributed by atoms with E-state index in [9.17, 15) is 51.1 Å². The molecule has 0 unspecified atom stereocenters. The van der Waals surface area contributed by atoms with Gasteiger partial charge in [-0.3, -0.25) is 0 Å². The molecule has 5 rings (SSSR count). The highest BCUT2D eigenvalue weighted by Crippen LogP contribution is 2.49. The number of hydrogen-bond donors (Lipinski definition) is 10. The van der Waals surface area contributed by atoms with Gasteiger partial charge in [-0.05, 0) is 46.5 Å². The molecule has 2 heterocycles. The lowest BCUT2D eigenvalue weighted by molar-refractivity contribution is -0.214. The van der Waals surface area contributed by atoms with E-state index in [0.717, 1.165) is 0 Å². The zero-order valence-corrected chi connectivity index (χ0v) is 22.9. The Balaban J connectivity index is 1.44. The van der Waals surface area contributed by atoms with Gasteiger partial charge in [0.1, 0.15) is 66.6 Å². The first-order chi connectivity index (χ1) is 20.5. The predicted octanol–water partition coefficient (Wildman–Crippen LogP) is -3.33. The molecule has 12 nitrogen and oxygen atoms in total. The average molecular weight is 599 g/mol. The van der Waals surface area contributed by atoms with Gasteiger partial charge in [0.25, 0.3) is 0 Å². The van der Waals surface area contributed by atoms with E-state index in [1.165, 1.54) is 0 Å². The maximum atomic E-state index is 11.9. The highest BCUT2D eigenvalue weighted by molar-refractivity contribution is 5.81. The van der Waals surface area contributed by atoms with Crippen LogP contribution < -0.4 is 0 Å². The largest absolute Gasteiger partial charge is 0.396 e. The molecule has 10 atom stereocenters. The first kappa shape index (κ1) is 31.5. The molecular weight excluding hydrogens is 564 g/mol. The van der Waals surface area contributed by atoms with E-state index in [-0.39, 0.29) is 13.0 Å². The molecule has 2 aromatic carbocycles. The van der Waals surface area contributed by atoms with Crippen molar-refractivity contribution in [2.45, 2.75) is 73.1 Å². The van der Waals surface area contributed by atoms with Crippen molar-refractivity contribution in [3.05, 3.63) is 58.7 Å². The molecule has 12 heteroatoms. The Morgan fingerprint density at radius 1 is 0.605 bits per heavy atom. The third-order valence-electron chi connectivity index (χ3n) is 8.20. The highest BCUT2D eigenvalue weighted by Gasteiger charge is 2.44. The number of rotatable bonds is 4. The van der Waals surface area contributed by atoms with Gasteiger partial charge < -0.3 is 60.5 Å². The van der Waals surface area contributed by atoms with Crippen LogP contribution in [0.1, 0.15) is 28.7 Å². The third-order valence-corrected chi connectivity index (χ3v) is 8.20. The second-order valence-corrected chi connectivity index (χ2v) is 10.9. The summed E-state index contributed by atoms with van der Waals surface area (Å²) in [6, 6.07) is 10.2. The van der Waals surface area contributed by atoms with Crippen molar-refractivity contribution in [2.75, 3.05) is 19.8 Å². The normalized spacial score (nSPS) is 34.3. The smallest absolute Gasteiger partial charge is 0.147 e. The summed E-state index contributed by atoms with van der Waals surface area (Å²) in [5.41, 5.74) is 1.56. The molecule has 1 aliphatic carbocycles. The van der Waals surface area contributed by atoms with E-state index in [0.29, 0.717) is 33.4 Å². The van der Waals surface area contributed by atoms with E-state index in [2.05, 4.69) is 23.7 Å². The Morgan fingerprint density at radius 3 is 1.40 bits per heavy atom. The van der Waals surface area contributed by atoms with Gasteiger partial charge in [-0.15, -0.1) is 0 Å². The molecule has 10 N–H and O–H groups in total. The SMILES string of the molecule is OCCC1(O)c2cc(C#C[C@H]3O[C@H](CO)[C@@H](O)[C@H](O)[C@@H]3O)ccc2-c2ccc(C#C[C@H]3O[C@H](CO)[C@@H](O)[C@H](O)[C@@H]3O)cc21. The lowest BCUT2D eigenvalue weighted by atomic mass is 9.87. The fraction of sp³-hybridized carbons (Fsp3) is 0.484. The molecule has 0 amide bonds. The van der Waals surface area contributed by atoms with E-state index in [4.69, 9.17) is 9.47 Å². The summed E-state index contributed by atoms with van der Waals surface area (Å²) in [6.07, 6.45) is -13.8. The minimum Gasteiger partial charge on any atom is -0.396 e. The number of fused-ring (bicyclic) bond motifs is 3.